The monoisotopic (exact) mass is 435 g/mol. The first-order valence-corrected chi connectivity index (χ1v) is 9.66. The van der Waals surface area contributed by atoms with Gasteiger partial charge in [0.05, 0.1) is 6.04 Å². The van der Waals surface area contributed by atoms with Gasteiger partial charge < -0.3 is 15.4 Å². The van der Waals surface area contributed by atoms with Crippen LogP contribution in [-0.4, -0.2) is 18.4 Å². The number of amides is 2. The number of anilines is 1. The molecular formula is C24H19F2N3O3. The molecule has 0 aliphatic carbocycles. The number of nitrogens with one attached hydrogen (secondary N) is 2. The molecule has 0 aliphatic heterocycles. The highest BCUT2D eigenvalue weighted by atomic mass is 19.1. The van der Waals surface area contributed by atoms with Gasteiger partial charge in [-0.05, 0) is 66.1 Å². The van der Waals surface area contributed by atoms with Crippen LogP contribution >= 0.6 is 0 Å². The van der Waals surface area contributed by atoms with Crippen molar-refractivity contribution in [3.05, 3.63) is 95.6 Å². The first kappa shape index (κ1) is 22.4. The number of ether oxygens (including phenoxy) is 1. The molecule has 1 atom stereocenters. The second kappa shape index (κ2) is 10.7. The molecule has 0 unspecified atom stereocenters. The Morgan fingerprint density at radius 1 is 0.938 bits per heavy atom. The van der Waals surface area contributed by atoms with E-state index in [1.54, 1.807) is 24.3 Å². The quantitative estimate of drug-likeness (QED) is 0.551. The Morgan fingerprint density at radius 3 is 2.28 bits per heavy atom. The first-order valence-electron chi connectivity index (χ1n) is 9.66. The lowest BCUT2D eigenvalue weighted by atomic mass is 9.98. The zero-order valence-corrected chi connectivity index (χ0v) is 16.8. The van der Waals surface area contributed by atoms with Gasteiger partial charge >= 0.3 is 11.8 Å². The third-order valence-electron chi connectivity index (χ3n) is 4.51. The van der Waals surface area contributed by atoms with E-state index in [1.165, 1.54) is 48.5 Å². The second-order valence-electron chi connectivity index (χ2n) is 6.84. The van der Waals surface area contributed by atoms with Gasteiger partial charge in [-0.15, -0.1) is 0 Å². The fourth-order valence-corrected chi connectivity index (χ4v) is 3.04. The lowest BCUT2D eigenvalue weighted by Gasteiger charge is -2.19. The fraction of sp³-hybridized carbons (Fsp3) is 0.125. The zero-order chi connectivity index (χ0) is 22.9. The maximum absolute atomic E-state index is 13.7. The largest absolute Gasteiger partial charge is 0.479 e. The van der Waals surface area contributed by atoms with E-state index in [1.807, 2.05) is 6.07 Å². The number of carbonyl (C=O) groups excluding carboxylic acids is 2. The molecule has 3 rings (SSSR count). The third-order valence-corrected chi connectivity index (χ3v) is 4.51. The van der Waals surface area contributed by atoms with Crippen LogP contribution in [0.25, 0.3) is 0 Å². The predicted molar refractivity (Wildman–Crippen MR) is 114 cm³/mol. The lowest BCUT2D eigenvalue weighted by Crippen LogP contribution is -2.38. The molecule has 2 amide bonds. The van der Waals surface area contributed by atoms with Crippen LogP contribution in [0.3, 0.4) is 0 Å². The van der Waals surface area contributed by atoms with Crippen LogP contribution in [0.1, 0.15) is 17.2 Å². The highest BCUT2D eigenvalue weighted by Gasteiger charge is 2.21. The molecule has 2 N–H and O–H groups in total. The number of hydrogen-bond acceptors (Lipinski definition) is 4. The Morgan fingerprint density at radius 2 is 1.62 bits per heavy atom. The molecule has 162 valence electrons. The molecular weight excluding hydrogens is 416 g/mol. The van der Waals surface area contributed by atoms with Crippen molar-refractivity contribution in [2.45, 2.75) is 12.5 Å². The van der Waals surface area contributed by atoms with Gasteiger partial charge in [0, 0.05) is 5.69 Å². The number of hydrogen-bond donors (Lipinski definition) is 2. The average molecular weight is 435 g/mol. The molecule has 0 aliphatic rings. The number of carbonyl (C=O) groups is 2. The zero-order valence-electron chi connectivity index (χ0n) is 16.8. The van der Waals surface area contributed by atoms with Crippen LogP contribution in [-0.2, 0) is 16.0 Å². The average Bonchev–Trinajstić information content (AvgIpc) is 2.78. The van der Waals surface area contributed by atoms with E-state index in [0.29, 0.717) is 22.6 Å². The molecule has 0 heterocycles. The topological polar surface area (TPSA) is 91.2 Å². The number of benzene rings is 3. The molecule has 3 aromatic rings. The van der Waals surface area contributed by atoms with Crippen LogP contribution in [0, 0.1) is 23.0 Å². The molecule has 0 saturated carbocycles. The number of rotatable bonds is 7. The predicted octanol–water partition coefficient (Wildman–Crippen LogP) is 3.91. The van der Waals surface area contributed by atoms with Gasteiger partial charge in [0.15, 0.2) is 6.61 Å². The van der Waals surface area contributed by atoms with E-state index in [4.69, 9.17) is 10.00 Å². The minimum absolute atomic E-state index is 0.110. The highest BCUT2D eigenvalue weighted by molar-refractivity contribution is 6.39. The molecule has 6 nitrogen and oxygen atoms in total. The van der Waals surface area contributed by atoms with Gasteiger partial charge in [-0.25, -0.2) is 8.78 Å². The van der Waals surface area contributed by atoms with E-state index in [0.717, 1.165) is 0 Å². The summed E-state index contributed by atoms with van der Waals surface area (Å²) in [6.45, 7) is -0.110. The van der Waals surface area contributed by atoms with Crippen molar-refractivity contribution in [2.24, 2.45) is 0 Å². The molecule has 32 heavy (non-hydrogen) atoms. The highest BCUT2D eigenvalue weighted by Crippen LogP contribution is 2.21. The van der Waals surface area contributed by atoms with E-state index in [2.05, 4.69) is 10.6 Å². The number of nitrogens with zero attached hydrogens (tertiary/aromatic N) is 1. The summed E-state index contributed by atoms with van der Waals surface area (Å²) in [4.78, 5) is 24.9. The summed E-state index contributed by atoms with van der Waals surface area (Å²) < 4.78 is 32.5. The van der Waals surface area contributed by atoms with Gasteiger partial charge in [0.1, 0.15) is 23.5 Å². The summed E-state index contributed by atoms with van der Waals surface area (Å²) in [6.07, 6.45) is 0.158. The van der Waals surface area contributed by atoms with E-state index in [9.17, 15) is 18.4 Å². The Bertz CT molecular complexity index is 1140. The standard InChI is InChI=1S/C24H19F2N3O3/c25-18-5-1-3-16(13-18)14-22(17-4-2-6-19(26)15-17)29-24(31)23(30)28-20-7-9-21(10-8-20)32-12-11-27/h1-10,13,15,22H,12,14H2,(H,28,30)(H,29,31)/t22-/m1/s1. The van der Waals surface area contributed by atoms with Crippen molar-refractivity contribution in [1.29, 1.82) is 5.26 Å². The normalized spacial score (nSPS) is 11.2. The smallest absolute Gasteiger partial charge is 0.313 e. The van der Waals surface area contributed by atoms with Crippen LogP contribution < -0.4 is 15.4 Å². The van der Waals surface area contributed by atoms with E-state index in [-0.39, 0.29) is 13.0 Å². The molecule has 0 spiro atoms. The Balaban J connectivity index is 1.71. The third kappa shape index (κ3) is 6.37. The van der Waals surface area contributed by atoms with Crippen LogP contribution in [0.4, 0.5) is 14.5 Å². The van der Waals surface area contributed by atoms with Crippen molar-refractivity contribution >= 4 is 17.5 Å². The molecule has 0 bridgehead atoms. The Hall–Kier alpha value is -4.25. The second-order valence-corrected chi connectivity index (χ2v) is 6.84. The molecule has 3 aromatic carbocycles. The first-order chi connectivity index (χ1) is 15.4. The summed E-state index contributed by atoms with van der Waals surface area (Å²) >= 11 is 0. The van der Waals surface area contributed by atoms with Crippen molar-refractivity contribution < 1.29 is 23.1 Å². The summed E-state index contributed by atoms with van der Waals surface area (Å²) in [5, 5.41) is 13.6. The molecule has 0 radical (unpaired) electrons. The van der Waals surface area contributed by atoms with Crippen LogP contribution in [0.15, 0.2) is 72.8 Å². The van der Waals surface area contributed by atoms with Gasteiger partial charge in [0.2, 0.25) is 0 Å². The lowest BCUT2D eigenvalue weighted by molar-refractivity contribution is -0.136. The molecule has 0 saturated heterocycles. The van der Waals surface area contributed by atoms with Crippen molar-refractivity contribution in [3.63, 3.8) is 0 Å². The van der Waals surface area contributed by atoms with Gasteiger partial charge in [-0.2, -0.15) is 5.26 Å². The maximum atomic E-state index is 13.7. The minimum atomic E-state index is -0.930. The Labute approximate surface area is 183 Å². The molecule has 0 fully saturated rings. The SMILES string of the molecule is N#CCOc1ccc(NC(=O)C(=O)N[C@H](Cc2cccc(F)c2)c2cccc(F)c2)cc1. The molecule has 8 heteroatoms. The summed E-state index contributed by atoms with van der Waals surface area (Å²) in [6, 6.07) is 18.7. The minimum Gasteiger partial charge on any atom is -0.479 e. The Kier molecular flexibility index (Phi) is 7.49. The van der Waals surface area contributed by atoms with Gasteiger partial charge in [-0.1, -0.05) is 24.3 Å². The van der Waals surface area contributed by atoms with Crippen molar-refractivity contribution in [1.82, 2.24) is 5.32 Å². The number of halogens is 2. The van der Waals surface area contributed by atoms with Crippen LogP contribution in [0.2, 0.25) is 0 Å². The summed E-state index contributed by atoms with van der Waals surface area (Å²) in [5.74, 6) is -2.34. The van der Waals surface area contributed by atoms with Crippen LogP contribution in [0.5, 0.6) is 5.75 Å². The van der Waals surface area contributed by atoms with E-state index < -0.39 is 29.5 Å². The molecule has 0 aromatic heterocycles. The van der Waals surface area contributed by atoms with Crippen molar-refractivity contribution in [2.75, 3.05) is 11.9 Å². The summed E-state index contributed by atoms with van der Waals surface area (Å²) in [5.41, 5.74) is 1.37. The fourth-order valence-electron chi connectivity index (χ4n) is 3.04. The maximum Gasteiger partial charge on any atom is 0.313 e. The van der Waals surface area contributed by atoms with Crippen molar-refractivity contribution in [3.8, 4) is 11.8 Å². The van der Waals surface area contributed by atoms with Gasteiger partial charge in [-0.3, -0.25) is 9.59 Å². The van der Waals surface area contributed by atoms with E-state index >= 15 is 0 Å². The van der Waals surface area contributed by atoms with Gasteiger partial charge in [0.25, 0.3) is 0 Å². The number of nitriles is 1. The summed E-state index contributed by atoms with van der Waals surface area (Å²) in [7, 11) is 0.